The summed E-state index contributed by atoms with van der Waals surface area (Å²) in [6.07, 6.45) is 3.66. The van der Waals surface area contributed by atoms with Gasteiger partial charge in [-0.1, -0.05) is 24.6 Å². The molecule has 106 valence electrons. The van der Waals surface area contributed by atoms with Crippen LogP contribution in [0.15, 0.2) is 24.3 Å². The van der Waals surface area contributed by atoms with Crippen molar-refractivity contribution in [1.82, 2.24) is 10.6 Å². The Morgan fingerprint density at radius 2 is 2.16 bits per heavy atom. The van der Waals surface area contributed by atoms with Crippen LogP contribution in [0.4, 0.5) is 4.39 Å². The lowest BCUT2D eigenvalue weighted by molar-refractivity contribution is -0.123. The summed E-state index contributed by atoms with van der Waals surface area (Å²) < 4.78 is 13.3. The smallest absolute Gasteiger partial charge is 0.237 e. The molecule has 3 nitrogen and oxygen atoms in total. The number of nitrogens with one attached hydrogen (secondary N) is 2. The van der Waals surface area contributed by atoms with E-state index >= 15 is 0 Å². The Bertz CT molecular complexity index is 408. The topological polar surface area (TPSA) is 41.1 Å². The second kappa shape index (κ2) is 8.12. The van der Waals surface area contributed by atoms with Gasteiger partial charge in [0.2, 0.25) is 5.91 Å². The molecule has 1 aliphatic heterocycles. The van der Waals surface area contributed by atoms with Gasteiger partial charge in [-0.15, -0.1) is 12.4 Å². The third-order valence-electron chi connectivity index (χ3n) is 3.28. The Morgan fingerprint density at radius 1 is 1.37 bits per heavy atom. The highest BCUT2D eigenvalue weighted by Crippen LogP contribution is 2.08. The molecule has 0 unspecified atom stereocenters. The van der Waals surface area contributed by atoms with E-state index in [0.29, 0.717) is 18.5 Å². The van der Waals surface area contributed by atoms with E-state index in [9.17, 15) is 9.18 Å². The fourth-order valence-corrected chi connectivity index (χ4v) is 2.22. The van der Waals surface area contributed by atoms with Crippen LogP contribution in [0.1, 0.15) is 24.8 Å². The van der Waals surface area contributed by atoms with Crippen molar-refractivity contribution in [3.63, 3.8) is 0 Å². The summed E-state index contributed by atoms with van der Waals surface area (Å²) in [5.74, 6) is -0.173. The quantitative estimate of drug-likeness (QED) is 0.889. The van der Waals surface area contributed by atoms with E-state index in [2.05, 4.69) is 10.6 Å². The lowest BCUT2D eigenvalue weighted by atomic mass is 10.0. The average Bonchev–Trinajstić information content (AvgIpc) is 2.42. The van der Waals surface area contributed by atoms with Gasteiger partial charge in [0.1, 0.15) is 5.82 Å². The Kier molecular flexibility index (Phi) is 6.81. The highest BCUT2D eigenvalue weighted by Gasteiger charge is 2.19. The molecule has 0 radical (unpaired) electrons. The summed E-state index contributed by atoms with van der Waals surface area (Å²) in [4.78, 5) is 11.8. The van der Waals surface area contributed by atoms with Gasteiger partial charge in [-0.3, -0.25) is 4.79 Å². The molecule has 0 aromatic heterocycles. The molecule has 1 saturated heterocycles. The first-order valence-corrected chi connectivity index (χ1v) is 6.52. The maximum absolute atomic E-state index is 13.3. The number of benzene rings is 1. The maximum atomic E-state index is 13.3. The number of amides is 1. The van der Waals surface area contributed by atoms with Gasteiger partial charge < -0.3 is 10.6 Å². The molecule has 1 aromatic carbocycles. The highest BCUT2D eigenvalue weighted by molar-refractivity contribution is 5.85. The third-order valence-corrected chi connectivity index (χ3v) is 3.28. The first-order valence-electron chi connectivity index (χ1n) is 6.52. The number of rotatable bonds is 4. The number of carbonyl (C=O) groups excluding carboxylic acids is 1. The van der Waals surface area contributed by atoms with Crippen molar-refractivity contribution in [2.45, 2.75) is 31.7 Å². The summed E-state index contributed by atoms with van der Waals surface area (Å²) in [5.41, 5.74) is 0.648. The van der Waals surface area contributed by atoms with Gasteiger partial charge in [0, 0.05) is 6.54 Å². The zero-order valence-corrected chi connectivity index (χ0v) is 11.6. The molecule has 1 aromatic rings. The highest BCUT2D eigenvalue weighted by atomic mass is 35.5. The van der Waals surface area contributed by atoms with Crippen LogP contribution in [-0.2, 0) is 11.2 Å². The molecule has 1 fully saturated rings. The van der Waals surface area contributed by atoms with Gasteiger partial charge in [-0.25, -0.2) is 4.39 Å². The number of hydrogen-bond acceptors (Lipinski definition) is 2. The van der Waals surface area contributed by atoms with Gasteiger partial charge >= 0.3 is 0 Å². The van der Waals surface area contributed by atoms with Crippen LogP contribution in [-0.4, -0.2) is 25.0 Å². The minimum absolute atomic E-state index is 0. The standard InChI is InChI=1S/C14H19FN2O.ClH/c15-12-6-2-1-5-11(12)8-10-17-14(18)13-7-3-4-9-16-13;/h1-2,5-6,13,16H,3-4,7-10H2,(H,17,18);1H/t13-;/m0./s1. The minimum Gasteiger partial charge on any atom is -0.354 e. The van der Waals surface area contributed by atoms with Crippen molar-refractivity contribution in [3.8, 4) is 0 Å². The molecule has 2 rings (SSSR count). The lowest BCUT2D eigenvalue weighted by Gasteiger charge is -2.22. The molecule has 2 N–H and O–H groups in total. The van der Waals surface area contributed by atoms with E-state index < -0.39 is 0 Å². The Labute approximate surface area is 119 Å². The molecule has 1 amide bonds. The van der Waals surface area contributed by atoms with Crippen molar-refractivity contribution in [2.24, 2.45) is 0 Å². The zero-order chi connectivity index (χ0) is 12.8. The molecule has 19 heavy (non-hydrogen) atoms. The molecule has 5 heteroatoms. The SMILES string of the molecule is Cl.O=C(NCCc1ccccc1F)[C@@H]1CCCCN1. The van der Waals surface area contributed by atoms with Crippen molar-refractivity contribution in [1.29, 1.82) is 0 Å². The van der Waals surface area contributed by atoms with Gasteiger partial charge in [0.25, 0.3) is 0 Å². The monoisotopic (exact) mass is 286 g/mol. The Hall–Kier alpha value is -1.13. The Balaban J connectivity index is 0.00000180. The average molecular weight is 287 g/mol. The number of halogens is 2. The van der Waals surface area contributed by atoms with E-state index in [1.54, 1.807) is 12.1 Å². The number of piperidine rings is 1. The summed E-state index contributed by atoms with van der Waals surface area (Å²) in [6, 6.07) is 6.60. The van der Waals surface area contributed by atoms with E-state index in [1.807, 2.05) is 6.07 Å². The van der Waals surface area contributed by atoms with Crippen LogP contribution < -0.4 is 10.6 Å². The zero-order valence-electron chi connectivity index (χ0n) is 10.8. The van der Waals surface area contributed by atoms with Crippen LogP contribution in [0.25, 0.3) is 0 Å². The second-order valence-corrected chi connectivity index (χ2v) is 4.63. The number of hydrogen-bond donors (Lipinski definition) is 2. The first-order chi connectivity index (χ1) is 8.77. The largest absolute Gasteiger partial charge is 0.354 e. The van der Waals surface area contributed by atoms with Crippen LogP contribution >= 0.6 is 12.4 Å². The number of carbonyl (C=O) groups is 1. The summed E-state index contributed by atoms with van der Waals surface area (Å²) >= 11 is 0. The van der Waals surface area contributed by atoms with Crippen molar-refractivity contribution in [2.75, 3.05) is 13.1 Å². The molecular formula is C14H20ClFN2O. The van der Waals surface area contributed by atoms with Crippen LogP contribution in [0.3, 0.4) is 0 Å². The van der Waals surface area contributed by atoms with Crippen LogP contribution in [0.5, 0.6) is 0 Å². The van der Waals surface area contributed by atoms with Gasteiger partial charge in [0.15, 0.2) is 0 Å². The van der Waals surface area contributed by atoms with Crippen molar-refractivity contribution >= 4 is 18.3 Å². The van der Waals surface area contributed by atoms with E-state index in [-0.39, 0.29) is 30.2 Å². The molecule has 0 bridgehead atoms. The fraction of sp³-hybridized carbons (Fsp3) is 0.500. The fourth-order valence-electron chi connectivity index (χ4n) is 2.22. The van der Waals surface area contributed by atoms with Gasteiger partial charge in [-0.2, -0.15) is 0 Å². The van der Waals surface area contributed by atoms with Gasteiger partial charge in [0.05, 0.1) is 6.04 Å². The third kappa shape index (κ3) is 4.80. The van der Waals surface area contributed by atoms with Crippen molar-refractivity contribution in [3.05, 3.63) is 35.6 Å². The van der Waals surface area contributed by atoms with Crippen LogP contribution in [0, 0.1) is 5.82 Å². The molecule has 0 saturated carbocycles. The molecule has 0 spiro atoms. The van der Waals surface area contributed by atoms with E-state index in [1.165, 1.54) is 6.07 Å². The first kappa shape index (κ1) is 15.9. The predicted octanol–water partition coefficient (Wildman–Crippen LogP) is 2.05. The van der Waals surface area contributed by atoms with Gasteiger partial charge in [-0.05, 0) is 37.4 Å². The van der Waals surface area contributed by atoms with E-state index in [4.69, 9.17) is 0 Å². The predicted molar refractivity (Wildman–Crippen MR) is 76.0 cm³/mol. The summed E-state index contributed by atoms with van der Waals surface area (Å²) in [7, 11) is 0. The summed E-state index contributed by atoms with van der Waals surface area (Å²) in [5, 5.41) is 6.05. The second-order valence-electron chi connectivity index (χ2n) is 4.63. The molecule has 1 aliphatic rings. The van der Waals surface area contributed by atoms with Crippen LogP contribution in [0.2, 0.25) is 0 Å². The molecule has 0 aliphatic carbocycles. The maximum Gasteiger partial charge on any atom is 0.237 e. The minimum atomic E-state index is -0.206. The molecular weight excluding hydrogens is 267 g/mol. The molecule has 1 atom stereocenters. The lowest BCUT2D eigenvalue weighted by Crippen LogP contribution is -2.47. The van der Waals surface area contributed by atoms with E-state index in [0.717, 1.165) is 25.8 Å². The molecule has 1 heterocycles. The van der Waals surface area contributed by atoms with Crippen molar-refractivity contribution < 1.29 is 9.18 Å². The normalized spacial score (nSPS) is 18.5. The summed E-state index contributed by atoms with van der Waals surface area (Å²) in [6.45, 7) is 1.39. The Morgan fingerprint density at radius 3 is 2.84 bits per heavy atom.